The van der Waals surface area contributed by atoms with Crippen LogP contribution in [0.1, 0.15) is 20.3 Å². The highest BCUT2D eigenvalue weighted by atomic mass is 16.3. The summed E-state index contributed by atoms with van der Waals surface area (Å²) in [4.78, 5) is 0. The number of aliphatic hydroxyl groups excluding tert-OH is 1. The summed E-state index contributed by atoms with van der Waals surface area (Å²) in [6.07, 6.45) is 0.601. The first-order valence-electron chi connectivity index (χ1n) is 2.45. The maximum Gasteiger partial charge on any atom is 0.0846 e. The second-order valence-electron chi connectivity index (χ2n) is 2.01. The molecule has 0 saturated heterocycles. The van der Waals surface area contributed by atoms with Crippen molar-refractivity contribution in [3.05, 3.63) is 0 Å². The lowest BCUT2D eigenvalue weighted by Gasteiger charge is -2.16. The van der Waals surface area contributed by atoms with Crippen LogP contribution < -0.4 is 0 Å². The van der Waals surface area contributed by atoms with Crippen molar-refractivity contribution >= 4 is 0 Å². The van der Waals surface area contributed by atoms with E-state index in [-0.39, 0.29) is 6.61 Å². The Morgan fingerprint density at radius 1 is 1.57 bits per heavy atom. The molecule has 0 spiro atoms. The molecule has 0 fully saturated rings. The van der Waals surface area contributed by atoms with Crippen molar-refractivity contribution in [2.75, 3.05) is 6.61 Å². The molecule has 0 heterocycles. The second kappa shape index (κ2) is 2.28. The van der Waals surface area contributed by atoms with Gasteiger partial charge in [-0.2, -0.15) is 0 Å². The molecule has 0 saturated carbocycles. The van der Waals surface area contributed by atoms with Gasteiger partial charge in [0.15, 0.2) is 0 Å². The highest BCUT2D eigenvalue weighted by Crippen LogP contribution is 2.04. The van der Waals surface area contributed by atoms with Crippen molar-refractivity contribution in [2.45, 2.75) is 25.9 Å². The molecule has 0 radical (unpaired) electrons. The van der Waals surface area contributed by atoms with E-state index in [0.717, 1.165) is 0 Å². The molecule has 0 aromatic carbocycles. The molecule has 1 atom stereocenters. The van der Waals surface area contributed by atoms with Crippen LogP contribution in [0.15, 0.2) is 0 Å². The third-order valence-corrected chi connectivity index (χ3v) is 1.10. The summed E-state index contributed by atoms with van der Waals surface area (Å²) in [6, 6.07) is 0. The van der Waals surface area contributed by atoms with Crippen molar-refractivity contribution in [3.8, 4) is 0 Å². The molecule has 44 valence electrons. The van der Waals surface area contributed by atoms with E-state index in [9.17, 15) is 0 Å². The lowest BCUT2D eigenvalue weighted by Crippen LogP contribution is -2.27. The van der Waals surface area contributed by atoms with Gasteiger partial charge in [0.25, 0.3) is 0 Å². The first-order chi connectivity index (χ1) is 3.12. The lowest BCUT2D eigenvalue weighted by atomic mass is 10.1. The minimum absolute atomic E-state index is 0.149. The Morgan fingerprint density at radius 2 is 2.00 bits per heavy atom. The predicted molar refractivity (Wildman–Crippen MR) is 28.0 cm³/mol. The van der Waals surface area contributed by atoms with E-state index in [1.165, 1.54) is 0 Å². The highest BCUT2D eigenvalue weighted by Gasteiger charge is 2.13. The normalized spacial score (nSPS) is 18.9. The van der Waals surface area contributed by atoms with E-state index in [4.69, 9.17) is 10.2 Å². The van der Waals surface area contributed by atoms with Crippen LogP contribution in [0.5, 0.6) is 0 Å². The molecule has 0 unspecified atom stereocenters. The van der Waals surface area contributed by atoms with Gasteiger partial charge in [-0.1, -0.05) is 6.92 Å². The first kappa shape index (κ1) is 6.92. The van der Waals surface area contributed by atoms with Gasteiger partial charge < -0.3 is 10.2 Å². The molecule has 0 bridgehead atoms. The van der Waals surface area contributed by atoms with Crippen molar-refractivity contribution in [1.82, 2.24) is 0 Å². The predicted octanol–water partition coefficient (Wildman–Crippen LogP) is 0.140. The fourth-order valence-electron chi connectivity index (χ4n) is 0.112. The summed E-state index contributed by atoms with van der Waals surface area (Å²) in [6.45, 7) is 3.28. The smallest absolute Gasteiger partial charge is 0.0846 e. The van der Waals surface area contributed by atoms with Crippen LogP contribution in [-0.4, -0.2) is 22.4 Å². The molecule has 0 rings (SSSR count). The minimum atomic E-state index is -0.861. The van der Waals surface area contributed by atoms with Crippen LogP contribution in [-0.2, 0) is 0 Å². The summed E-state index contributed by atoms with van der Waals surface area (Å²) in [5.41, 5.74) is -0.861. The maximum atomic E-state index is 8.88. The van der Waals surface area contributed by atoms with Crippen LogP contribution in [0, 0.1) is 0 Å². The minimum Gasteiger partial charge on any atom is -0.393 e. The molecule has 2 nitrogen and oxygen atoms in total. The Balaban J connectivity index is 3.36. The summed E-state index contributed by atoms with van der Waals surface area (Å²) < 4.78 is 0. The Kier molecular flexibility index (Phi) is 2.26. The Bertz CT molecular complexity index is 44.0. The van der Waals surface area contributed by atoms with E-state index in [2.05, 4.69) is 0 Å². The molecule has 7 heavy (non-hydrogen) atoms. The average molecular weight is 104 g/mol. The zero-order valence-corrected chi connectivity index (χ0v) is 4.81. The first-order valence-corrected chi connectivity index (χ1v) is 2.45. The molecule has 0 aliphatic carbocycles. The van der Waals surface area contributed by atoms with Gasteiger partial charge in [-0.3, -0.25) is 0 Å². The second-order valence-corrected chi connectivity index (χ2v) is 2.01. The summed E-state index contributed by atoms with van der Waals surface area (Å²) in [5.74, 6) is 0. The average Bonchev–Trinajstić information content (AvgIpc) is 1.68. The Morgan fingerprint density at radius 3 is 2.00 bits per heavy atom. The molecular weight excluding hydrogens is 92.1 g/mol. The molecule has 2 heteroatoms. The third-order valence-electron chi connectivity index (χ3n) is 1.10. The molecule has 0 aromatic heterocycles. The van der Waals surface area contributed by atoms with Gasteiger partial charge in [-0.05, 0) is 13.3 Å². The van der Waals surface area contributed by atoms with Crippen molar-refractivity contribution in [1.29, 1.82) is 0 Å². The lowest BCUT2D eigenvalue weighted by molar-refractivity contribution is -0.00107. The molecule has 0 aromatic rings. The molecule has 0 amide bonds. The zero-order chi connectivity index (χ0) is 5.91. The quantitative estimate of drug-likeness (QED) is 0.523. The van der Waals surface area contributed by atoms with Crippen LogP contribution in [0.3, 0.4) is 0 Å². The Hall–Kier alpha value is -0.0800. The third kappa shape index (κ3) is 2.60. The van der Waals surface area contributed by atoms with Crippen LogP contribution >= 0.6 is 0 Å². The zero-order valence-electron chi connectivity index (χ0n) is 4.81. The van der Waals surface area contributed by atoms with Crippen molar-refractivity contribution in [2.24, 2.45) is 0 Å². The summed E-state index contributed by atoms with van der Waals surface area (Å²) in [5, 5.41) is 17.2. The summed E-state index contributed by atoms with van der Waals surface area (Å²) in [7, 11) is 0. The Labute approximate surface area is 43.8 Å². The summed E-state index contributed by atoms with van der Waals surface area (Å²) >= 11 is 0. The largest absolute Gasteiger partial charge is 0.393 e. The standard InChI is InChI=1S/C5H12O2/c1-3-5(2,7)4-6/h6-7H,3-4H2,1-2H3/t5-/m0/s1. The van der Waals surface area contributed by atoms with Crippen molar-refractivity contribution < 1.29 is 10.2 Å². The monoisotopic (exact) mass is 104 g/mol. The van der Waals surface area contributed by atoms with Gasteiger partial charge in [0, 0.05) is 0 Å². The molecule has 2 N–H and O–H groups in total. The maximum absolute atomic E-state index is 8.88. The molecular formula is C5H12O2. The fraction of sp³-hybridized carbons (Fsp3) is 1.00. The number of hydrogen-bond donors (Lipinski definition) is 2. The van der Waals surface area contributed by atoms with Crippen LogP contribution in [0.25, 0.3) is 0 Å². The van der Waals surface area contributed by atoms with E-state index in [1.54, 1.807) is 6.92 Å². The molecule has 0 aliphatic rings. The number of hydrogen-bond acceptors (Lipinski definition) is 2. The van der Waals surface area contributed by atoms with Gasteiger partial charge >= 0.3 is 0 Å². The van der Waals surface area contributed by atoms with Gasteiger partial charge in [0.1, 0.15) is 0 Å². The molecule has 0 aliphatic heterocycles. The van der Waals surface area contributed by atoms with E-state index < -0.39 is 5.60 Å². The van der Waals surface area contributed by atoms with Crippen LogP contribution in [0.4, 0.5) is 0 Å². The van der Waals surface area contributed by atoms with Gasteiger partial charge in [0.2, 0.25) is 0 Å². The van der Waals surface area contributed by atoms with Crippen LogP contribution in [0.2, 0.25) is 0 Å². The van der Waals surface area contributed by atoms with E-state index in [0.29, 0.717) is 6.42 Å². The van der Waals surface area contributed by atoms with Crippen molar-refractivity contribution in [3.63, 3.8) is 0 Å². The van der Waals surface area contributed by atoms with E-state index in [1.807, 2.05) is 6.92 Å². The fourth-order valence-corrected chi connectivity index (χ4v) is 0.112. The van der Waals surface area contributed by atoms with Gasteiger partial charge in [-0.15, -0.1) is 0 Å². The highest BCUT2D eigenvalue weighted by molar-refractivity contribution is 4.66. The SMILES string of the molecule is CC[C@](C)(O)CO. The van der Waals surface area contributed by atoms with Gasteiger partial charge in [-0.25, -0.2) is 0 Å². The topological polar surface area (TPSA) is 40.5 Å². The van der Waals surface area contributed by atoms with Gasteiger partial charge in [0.05, 0.1) is 12.2 Å². The number of rotatable bonds is 2. The van der Waals surface area contributed by atoms with E-state index >= 15 is 0 Å². The number of aliphatic hydroxyl groups is 2.